The number of carbonyl (C=O) groups is 2. The summed E-state index contributed by atoms with van der Waals surface area (Å²) in [6.45, 7) is 10.7. The zero-order valence-electron chi connectivity index (χ0n) is 24.4. The van der Waals surface area contributed by atoms with Gasteiger partial charge in [0.1, 0.15) is 17.0 Å². The number of carbonyl (C=O) groups excluding carboxylic acids is 1. The van der Waals surface area contributed by atoms with Crippen LogP contribution in [0.2, 0.25) is 0 Å². The lowest BCUT2D eigenvalue weighted by Crippen LogP contribution is -2.50. The Bertz CT molecular complexity index is 1540. The average Bonchev–Trinajstić information content (AvgIpc) is 3.31. The molecule has 1 aliphatic rings. The highest BCUT2D eigenvalue weighted by atomic mass is 32.2. The summed E-state index contributed by atoms with van der Waals surface area (Å²) >= 11 is 1.58. The number of aromatic nitrogens is 1. The molecule has 0 bridgehead atoms. The van der Waals surface area contributed by atoms with Crippen LogP contribution < -0.4 is 9.21 Å². The Morgan fingerprint density at radius 2 is 1.79 bits per heavy atom. The molecule has 0 saturated carbocycles. The molecule has 1 amide bonds. The summed E-state index contributed by atoms with van der Waals surface area (Å²) in [4.78, 5) is 33.7. The third kappa shape index (κ3) is 6.99. The molecule has 0 radical (unpaired) electrons. The molecule has 5 rings (SSSR count). The van der Waals surface area contributed by atoms with E-state index >= 15 is 0 Å². The molecule has 2 aromatic carbocycles. The van der Waals surface area contributed by atoms with Gasteiger partial charge in [0.2, 0.25) is 5.76 Å². The summed E-state index contributed by atoms with van der Waals surface area (Å²) in [6.07, 6.45) is 2.45. The minimum absolute atomic E-state index is 0.0280. The van der Waals surface area contributed by atoms with Gasteiger partial charge >= 0.3 is 12.1 Å². The molecule has 0 spiro atoms. The van der Waals surface area contributed by atoms with Crippen LogP contribution in [0.5, 0.6) is 0 Å². The number of aryl methyl sites for hydroxylation is 1. The van der Waals surface area contributed by atoms with Crippen LogP contribution in [0, 0.1) is 6.92 Å². The molecule has 10 heteroatoms. The molecule has 1 aliphatic heterocycles. The predicted octanol–water partition coefficient (Wildman–Crippen LogP) is 6.65. The van der Waals surface area contributed by atoms with Gasteiger partial charge in [0.15, 0.2) is 0 Å². The number of amides is 1. The Morgan fingerprint density at radius 1 is 1.05 bits per heavy atom. The molecule has 9 nitrogen and oxygen atoms in total. The molecule has 0 atom stereocenters. The molecule has 3 heterocycles. The second-order valence-electron chi connectivity index (χ2n) is 11.3. The number of benzene rings is 2. The highest BCUT2D eigenvalue weighted by molar-refractivity contribution is 8.00. The largest absolute Gasteiger partial charge is 0.475 e. The normalized spacial score (nSPS) is 13.8. The Morgan fingerprint density at radius 3 is 2.43 bits per heavy atom. The predicted molar refractivity (Wildman–Crippen MR) is 166 cm³/mol. The van der Waals surface area contributed by atoms with Gasteiger partial charge in [-0.2, -0.15) is 0 Å². The molecule has 0 aliphatic carbocycles. The number of nitrogens with zero attached hydrogens (tertiary/aromatic N) is 4. The lowest BCUT2D eigenvalue weighted by Gasteiger charge is -2.36. The summed E-state index contributed by atoms with van der Waals surface area (Å²) in [6, 6.07) is 20.2. The van der Waals surface area contributed by atoms with E-state index in [2.05, 4.69) is 27.4 Å². The van der Waals surface area contributed by atoms with Gasteiger partial charge in [-0.25, -0.2) is 14.6 Å². The number of ether oxygens (including phenoxy) is 1. The smallest absolute Gasteiger partial charge is 0.410 e. The number of anilines is 2. The molecular weight excluding hydrogens is 552 g/mol. The number of fused-ring (bicyclic) bond motifs is 1. The van der Waals surface area contributed by atoms with Gasteiger partial charge in [0.25, 0.3) is 0 Å². The van der Waals surface area contributed by atoms with Crippen molar-refractivity contribution in [2.45, 2.75) is 44.6 Å². The number of carboxylic acid groups (broad SMARTS) is 1. The molecule has 42 heavy (non-hydrogen) atoms. The molecule has 1 N–H and O–H groups in total. The van der Waals surface area contributed by atoms with Gasteiger partial charge in [0, 0.05) is 48.6 Å². The molecule has 2 aromatic heterocycles. The van der Waals surface area contributed by atoms with Gasteiger partial charge in [-0.3, -0.25) is 0 Å². The van der Waals surface area contributed by atoms with E-state index in [0.717, 1.165) is 34.8 Å². The summed E-state index contributed by atoms with van der Waals surface area (Å²) in [5, 5.41) is 10.3. The number of pyridine rings is 1. The van der Waals surface area contributed by atoms with Crippen LogP contribution in [0.3, 0.4) is 0 Å². The fourth-order valence-electron chi connectivity index (χ4n) is 4.85. The first kappa shape index (κ1) is 29.3. The average molecular weight is 589 g/mol. The lowest BCUT2D eigenvalue weighted by atomic mass is 10.1. The number of aromatic carboxylic acids is 1. The number of hydrogen-bond acceptors (Lipinski definition) is 8. The van der Waals surface area contributed by atoms with Gasteiger partial charge in [-0.05, 0) is 82.0 Å². The monoisotopic (exact) mass is 588 g/mol. The van der Waals surface area contributed by atoms with E-state index in [1.54, 1.807) is 23.8 Å². The van der Waals surface area contributed by atoms with Crippen molar-refractivity contribution in [1.82, 2.24) is 9.88 Å². The first-order valence-corrected chi connectivity index (χ1v) is 14.8. The second-order valence-corrected chi connectivity index (χ2v) is 12.4. The summed E-state index contributed by atoms with van der Waals surface area (Å²) < 4.78 is 13.3. The van der Waals surface area contributed by atoms with Gasteiger partial charge in [-0.1, -0.05) is 30.3 Å². The van der Waals surface area contributed by atoms with Crippen LogP contribution in [0.1, 0.15) is 42.5 Å². The van der Waals surface area contributed by atoms with Crippen molar-refractivity contribution in [3.63, 3.8) is 0 Å². The first-order chi connectivity index (χ1) is 20.1. The van der Waals surface area contributed by atoms with Crippen LogP contribution >= 0.6 is 11.9 Å². The van der Waals surface area contributed by atoms with Crippen molar-refractivity contribution in [2.75, 3.05) is 41.9 Å². The summed E-state index contributed by atoms with van der Waals surface area (Å²) in [7, 11) is 0. The maximum atomic E-state index is 12.4. The Hall–Kier alpha value is -4.18. The first-order valence-electron chi connectivity index (χ1n) is 14.0. The Labute approximate surface area is 250 Å². The number of carboxylic acids is 1. The van der Waals surface area contributed by atoms with Gasteiger partial charge in [0.05, 0.1) is 11.9 Å². The minimum Gasteiger partial charge on any atom is -0.475 e. The number of hydrogen-bond donors (Lipinski definition) is 1. The second kappa shape index (κ2) is 12.4. The molecule has 1 saturated heterocycles. The van der Waals surface area contributed by atoms with Crippen LogP contribution in [-0.4, -0.2) is 65.4 Å². The number of rotatable bonds is 8. The van der Waals surface area contributed by atoms with Crippen molar-refractivity contribution in [1.29, 1.82) is 0 Å². The van der Waals surface area contributed by atoms with Crippen molar-refractivity contribution >= 4 is 46.5 Å². The van der Waals surface area contributed by atoms with Gasteiger partial charge < -0.3 is 28.4 Å². The van der Waals surface area contributed by atoms with Crippen molar-refractivity contribution < 1.29 is 23.8 Å². The van der Waals surface area contributed by atoms with Crippen molar-refractivity contribution in [3.05, 3.63) is 83.7 Å². The zero-order chi connectivity index (χ0) is 29.9. The van der Waals surface area contributed by atoms with E-state index in [4.69, 9.17) is 14.1 Å². The van der Waals surface area contributed by atoms with E-state index in [9.17, 15) is 14.7 Å². The van der Waals surface area contributed by atoms with E-state index in [1.165, 1.54) is 5.56 Å². The van der Waals surface area contributed by atoms with E-state index in [0.29, 0.717) is 37.3 Å². The van der Waals surface area contributed by atoms with Crippen molar-refractivity contribution in [2.24, 2.45) is 0 Å². The summed E-state index contributed by atoms with van der Waals surface area (Å²) in [5.74, 6) is -0.230. The molecular formula is C32H36N4O5S. The standard InChI is InChI=1S/C32H36N4O5S/c1-22-26-20-25(11-12-27(26)40-29(22)30(37)38)42-36(15-14-23-8-6-5-7-9-23)24-10-13-28(33-21-24)34-16-18-35(19-17-34)31(39)41-32(2,3)4/h5-13,20-21H,14-19H2,1-4H3,(H,37,38). The topological polar surface area (TPSA) is 99.4 Å². The van der Waals surface area contributed by atoms with Gasteiger partial charge in [-0.15, -0.1) is 0 Å². The quantitative estimate of drug-likeness (QED) is 0.227. The highest BCUT2D eigenvalue weighted by Crippen LogP contribution is 2.34. The van der Waals surface area contributed by atoms with Crippen LogP contribution in [0.4, 0.5) is 16.3 Å². The molecule has 4 aromatic rings. The maximum absolute atomic E-state index is 12.4. The third-order valence-electron chi connectivity index (χ3n) is 7.04. The third-order valence-corrected chi connectivity index (χ3v) is 8.12. The SMILES string of the molecule is Cc1c(C(=O)O)oc2ccc(SN(CCc3ccccc3)c3ccc(N4CCN(C(=O)OC(C)(C)C)CC4)nc3)cc12. The minimum atomic E-state index is -1.07. The lowest BCUT2D eigenvalue weighted by molar-refractivity contribution is 0.0240. The molecule has 1 fully saturated rings. The number of piperazine rings is 1. The van der Waals surface area contributed by atoms with Crippen molar-refractivity contribution in [3.8, 4) is 0 Å². The van der Waals surface area contributed by atoms with E-state index in [-0.39, 0.29) is 11.9 Å². The molecule has 0 unspecified atom stereocenters. The Kier molecular flexibility index (Phi) is 8.63. The van der Waals surface area contributed by atoms with E-state index in [1.807, 2.05) is 69.4 Å². The van der Waals surface area contributed by atoms with Crippen LogP contribution in [-0.2, 0) is 11.2 Å². The maximum Gasteiger partial charge on any atom is 0.410 e. The van der Waals surface area contributed by atoms with Crippen LogP contribution in [0.25, 0.3) is 11.0 Å². The summed E-state index contributed by atoms with van der Waals surface area (Å²) in [5.41, 5.74) is 2.86. The zero-order valence-corrected chi connectivity index (χ0v) is 25.2. The number of furan rings is 1. The fraction of sp³-hybridized carbons (Fsp3) is 0.344. The Balaban J connectivity index is 1.31. The van der Waals surface area contributed by atoms with E-state index < -0.39 is 11.6 Å². The molecule has 220 valence electrons. The highest BCUT2D eigenvalue weighted by Gasteiger charge is 2.26. The fourth-order valence-corrected chi connectivity index (χ4v) is 5.80. The van der Waals surface area contributed by atoms with Crippen LogP contribution in [0.15, 0.2) is 76.2 Å².